The Kier molecular flexibility index (Phi) is 7.08. The average Bonchev–Trinajstić information content (AvgIpc) is 2.64. The molecular weight excluding hydrogens is 316 g/mol. The van der Waals surface area contributed by atoms with Crippen LogP contribution in [0.3, 0.4) is 0 Å². The molecule has 0 spiro atoms. The van der Waals surface area contributed by atoms with Crippen LogP contribution in [-0.4, -0.2) is 24.8 Å². The molecule has 0 heterocycles. The first-order chi connectivity index (χ1) is 12.1. The van der Waals surface area contributed by atoms with Crippen molar-refractivity contribution in [2.75, 3.05) is 13.7 Å². The van der Waals surface area contributed by atoms with E-state index in [1.165, 1.54) is 0 Å². The van der Waals surface area contributed by atoms with Crippen molar-refractivity contribution in [2.45, 2.75) is 26.2 Å². The number of carboxylic acids is 1. The van der Waals surface area contributed by atoms with E-state index in [4.69, 9.17) is 9.47 Å². The van der Waals surface area contributed by atoms with Gasteiger partial charge in [0.05, 0.1) is 19.3 Å². The van der Waals surface area contributed by atoms with Gasteiger partial charge in [0.2, 0.25) is 0 Å². The van der Waals surface area contributed by atoms with Gasteiger partial charge in [0, 0.05) is 0 Å². The van der Waals surface area contributed by atoms with Gasteiger partial charge in [-0.05, 0) is 47.9 Å². The monoisotopic (exact) mass is 340 g/mol. The number of unbranched alkanes of at least 4 members (excludes halogenated alkanes) is 2. The fourth-order valence-corrected chi connectivity index (χ4v) is 2.41. The molecule has 25 heavy (non-hydrogen) atoms. The minimum Gasteiger partial charge on any atom is -0.497 e. The number of aliphatic carboxylic acids is 1. The highest BCUT2D eigenvalue weighted by atomic mass is 16.5. The Labute approximate surface area is 148 Å². The van der Waals surface area contributed by atoms with Gasteiger partial charge in [0.1, 0.15) is 11.5 Å². The average molecular weight is 340 g/mol. The third kappa shape index (κ3) is 5.68. The van der Waals surface area contributed by atoms with Crippen molar-refractivity contribution >= 4 is 17.6 Å². The maximum Gasteiger partial charge on any atom is 0.336 e. The molecule has 0 aliphatic heterocycles. The van der Waals surface area contributed by atoms with Gasteiger partial charge >= 0.3 is 5.97 Å². The summed E-state index contributed by atoms with van der Waals surface area (Å²) >= 11 is 0. The van der Waals surface area contributed by atoms with E-state index in [0.29, 0.717) is 17.9 Å². The zero-order valence-electron chi connectivity index (χ0n) is 14.7. The van der Waals surface area contributed by atoms with E-state index in [2.05, 4.69) is 6.92 Å². The minimum absolute atomic E-state index is 0.235. The summed E-state index contributed by atoms with van der Waals surface area (Å²) < 4.78 is 10.8. The number of ether oxygens (including phenoxy) is 2. The summed E-state index contributed by atoms with van der Waals surface area (Å²) in [6, 6.07) is 14.4. The molecule has 0 bridgehead atoms. The van der Waals surface area contributed by atoms with Crippen LogP contribution in [0, 0.1) is 0 Å². The van der Waals surface area contributed by atoms with Crippen LogP contribution in [-0.2, 0) is 4.79 Å². The van der Waals surface area contributed by atoms with Gasteiger partial charge in [-0.25, -0.2) is 4.79 Å². The van der Waals surface area contributed by atoms with E-state index >= 15 is 0 Å². The van der Waals surface area contributed by atoms with E-state index < -0.39 is 5.97 Å². The highest BCUT2D eigenvalue weighted by Crippen LogP contribution is 2.22. The fraction of sp³-hybridized carbons (Fsp3) is 0.286. The van der Waals surface area contributed by atoms with Crippen molar-refractivity contribution in [3.63, 3.8) is 0 Å². The van der Waals surface area contributed by atoms with Gasteiger partial charge in [0.15, 0.2) is 0 Å². The van der Waals surface area contributed by atoms with Crippen LogP contribution < -0.4 is 9.47 Å². The Bertz CT molecular complexity index is 700. The second-order valence-corrected chi connectivity index (χ2v) is 5.72. The summed E-state index contributed by atoms with van der Waals surface area (Å²) in [7, 11) is 1.58. The van der Waals surface area contributed by atoms with Gasteiger partial charge in [0.25, 0.3) is 0 Å². The summed E-state index contributed by atoms with van der Waals surface area (Å²) in [4.78, 5) is 11.6. The van der Waals surface area contributed by atoms with Gasteiger partial charge in [-0.15, -0.1) is 0 Å². The van der Waals surface area contributed by atoms with Crippen molar-refractivity contribution in [3.05, 3.63) is 59.7 Å². The van der Waals surface area contributed by atoms with Crippen molar-refractivity contribution < 1.29 is 19.4 Å². The maximum atomic E-state index is 11.6. The Morgan fingerprint density at radius 2 is 1.64 bits per heavy atom. The minimum atomic E-state index is -0.968. The molecule has 4 heteroatoms. The van der Waals surface area contributed by atoms with E-state index in [1.54, 1.807) is 37.5 Å². The molecule has 0 radical (unpaired) electrons. The molecule has 2 rings (SSSR count). The summed E-state index contributed by atoms with van der Waals surface area (Å²) in [5.41, 5.74) is 1.68. The predicted molar refractivity (Wildman–Crippen MR) is 100.0 cm³/mol. The standard InChI is InChI=1S/C21H24O4/c1-3-4-5-14-25-19-10-6-16(7-11-19)15-20(21(22)23)17-8-12-18(24-2)13-9-17/h6-13,15H,3-5,14H2,1-2H3,(H,22,23)/b20-15+. The zero-order valence-corrected chi connectivity index (χ0v) is 14.7. The summed E-state index contributed by atoms with van der Waals surface area (Å²) in [5.74, 6) is 0.526. The fourth-order valence-electron chi connectivity index (χ4n) is 2.41. The molecule has 2 aromatic carbocycles. The molecule has 4 nitrogen and oxygen atoms in total. The highest BCUT2D eigenvalue weighted by molar-refractivity contribution is 6.20. The third-order valence-corrected chi connectivity index (χ3v) is 3.84. The normalized spacial score (nSPS) is 11.2. The first-order valence-electron chi connectivity index (χ1n) is 8.46. The summed E-state index contributed by atoms with van der Waals surface area (Å²) in [6.45, 7) is 2.86. The summed E-state index contributed by atoms with van der Waals surface area (Å²) in [6.07, 6.45) is 5.02. The molecular formula is C21H24O4. The lowest BCUT2D eigenvalue weighted by atomic mass is 10.0. The van der Waals surface area contributed by atoms with E-state index in [1.807, 2.05) is 24.3 Å². The molecule has 0 aliphatic carbocycles. The molecule has 0 unspecified atom stereocenters. The molecule has 2 aromatic rings. The SMILES string of the molecule is CCCCCOc1ccc(/C=C(/C(=O)O)c2ccc(OC)cc2)cc1. The molecule has 132 valence electrons. The lowest BCUT2D eigenvalue weighted by molar-refractivity contribution is -0.130. The molecule has 0 aliphatic rings. The number of carbonyl (C=O) groups is 1. The van der Waals surface area contributed by atoms with Crippen LogP contribution in [0.15, 0.2) is 48.5 Å². The molecule has 0 saturated carbocycles. The van der Waals surface area contributed by atoms with Crippen LogP contribution in [0.1, 0.15) is 37.3 Å². The maximum absolute atomic E-state index is 11.6. The number of benzene rings is 2. The molecule has 0 atom stereocenters. The van der Waals surface area contributed by atoms with Crippen molar-refractivity contribution in [2.24, 2.45) is 0 Å². The number of carboxylic acid groups (broad SMARTS) is 1. The highest BCUT2D eigenvalue weighted by Gasteiger charge is 2.10. The first-order valence-corrected chi connectivity index (χ1v) is 8.46. The van der Waals surface area contributed by atoms with Crippen molar-refractivity contribution in [1.29, 1.82) is 0 Å². The number of methoxy groups -OCH3 is 1. The Morgan fingerprint density at radius 1 is 1.00 bits per heavy atom. The van der Waals surface area contributed by atoms with E-state index in [-0.39, 0.29) is 5.57 Å². The lowest BCUT2D eigenvalue weighted by Crippen LogP contribution is -2.00. The van der Waals surface area contributed by atoms with Gasteiger partial charge < -0.3 is 14.6 Å². The Morgan fingerprint density at radius 3 is 2.20 bits per heavy atom. The number of rotatable bonds is 9. The third-order valence-electron chi connectivity index (χ3n) is 3.84. The molecule has 0 fully saturated rings. The number of hydrogen-bond acceptors (Lipinski definition) is 3. The van der Waals surface area contributed by atoms with Gasteiger partial charge in [-0.3, -0.25) is 0 Å². The molecule has 0 saturated heterocycles. The quantitative estimate of drug-likeness (QED) is 0.401. The first kappa shape index (κ1) is 18.6. The summed E-state index contributed by atoms with van der Waals surface area (Å²) in [5, 5.41) is 9.51. The molecule has 1 N–H and O–H groups in total. The largest absolute Gasteiger partial charge is 0.497 e. The lowest BCUT2D eigenvalue weighted by Gasteiger charge is -2.07. The Balaban J connectivity index is 2.12. The van der Waals surface area contributed by atoms with Gasteiger partial charge in [-0.1, -0.05) is 44.0 Å². The topological polar surface area (TPSA) is 55.8 Å². The predicted octanol–water partition coefficient (Wildman–Crippen LogP) is 4.89. The van der Waals surface area contributed by atoms with Crippen molar-refractivity contribution in [3.8, 4) is 11.5 Å². The van der Waals surface area contributed by atoms with Crippen LogP contribution in [0.25, 0.3) is 11.6 Å². The second-order valence-electron chi connectivity index (χ2n) is 5.72. The number of hydrogen-bond donors (Lipinski definition) is 1. The van der Waals surface area contributed by atoms with Crippen LogP contribution in [0.5, 0.6) is 11.5 Å². The smallest absolute Gasteiger partial charge is 0.336 e. The Hall–Kier alpha value is -2.75. The molecule has 0 amide bonds. The van der Waals surface area contributed by atoms with E-state index in [0.717, 1.165) is 30.6 Å². The van der Waals surface area contributed by atoms with Crippen LogP contribution in [0.2, 0.25) is 0 Å². The molecule has 0 aromatic heterocycles. The van der Waals surface area contributed by atoms with Gasteiger partial charge in [-0.2, -0.15) is 0 Å². The van der Waals surface area contributed by atoms with E-state index in [9.17, 15) is 9.90 Å². The zero-order chi connectivity index (χ0) is 18.1. The van der Waals surface area contributed by atoms with Crippen molar-refractivity contribution in [1.82, 2.24) is 0 Å². The van der Waals surface area contributed by atoms with Crippen LogP contribution >= 0.6 is 0 Å². The second kappa shape index (κ2) is 9.52. The van der Waals surface area contributed by atoms with Crippen LogP contribution in [0.4, 0.5) is 0 Å².